The molecule has 0 radical (unpaired) electrons. The number of rotatable bonds is 10. The summed E-state index contributed by atoms with van der Waals surface area (Å²) in [6.07, 6.45) is -3.61. The maximum Gasteiger partial charge on any atom is 0.433 e. The number of benzene rings is 2. The number of unbranched alkanes of at least 4 members (excludes halogenated alkanes) is 1. The smallest absolute Gasteiger partial charge is 0.433 e. The largest absolute Gasteiger partial charge is 0.478 e. The van der Waals surface area contributed by atoms with Gasteiger partial charge in [-0.05, 0) is 47.9 Å². The molecular weight excluding hydrogens is 485 g/mol. The average molecular weight is 517 g/mol. The third kappa shape index (κ3) is 6.39. The summed E-state index contributed by atoms with van der Waals surface area (Å²) in [6, 6.07) is 13.1. The number of alkyl halides is 3. The Morgan fingerprint density at radius 2 is 1.68 bits per heavy atom. The Hall–Kier alpha value is -3.62. The Bertz CT molecular complexity index is 1320. The molecule has 0 unspecified atom stereocenters. The molecule has 0 fully saturated rings. The highest BCUT2D eigenvalue weighted by Crippen LogP contribution is 2.33. The van der Waals surface area contributed by atoms with E-state index in [2.05, 4.69) is 0 Å². The molecule has 37 heavy (non-hydrogen) atoms. The molecule has 0 spiro atoms. The van der Waals surface area contributed by atoms with E-state index in [-0.39, 0.29) is 36.6 Å². The molecule has 1 heterocycles. The predicted molar refractivity (Wildman–Crippen MR) is 135 cm³/mol. The molecule has 0 bridgehead atoms. The summed E-state index contributed by atoms with van der Waals surface area (Å²) in [7, 11) is 0. The van der Waals surface area contributed by atoms with Crippen LogP contribution in [0.3, 0.4) is 0 Å². The van der Waals surface area contributed by atoms with Gasteiger partial charge in [0.25, 0.3) is 0 Å². The minimum absolute atomic E-state index is 0.000121. The fourth-order valence-corrected chi connectivity index (χ4v) is 4.29. The fraction of sp³-hybridized carbons (Fsp3) is 0.393. The van der Waals surface area contributed by atoms with Gasteiger partial charge in [0.05, 0.1) is 17.8 Å². The highest BCUT2D eigenvalue weighted by Gasteiger charge is 2.42. The summed E-state index contributed by atoms with van der Waals surface area (Å²) in [5.74, 6) is -1.84. The molecule has 3 aromatic rings. The number of hydrogen-bond donors (Lipinski definition) is 1. The van der Waals surface area contributed by atoms with Gasteiger partial charge in [-0.15, -0.1) is 0 Å². The number of carbonyl (C=O) groups excluding carboxylic acids is 1. The van der Waals surface area contributed by atoms with Crippen molar-refractivity contribution in [2.75, 3.05) is 0 Å². The van der Waals surface area contributed by atoms with Crippen LogP contribution < -0.4 is 5.69 Å². The molecule has 0 saturated carbocycles. The number of aromatic carboxylic acids is 1. The van der Waals surface area contributed by atoms with Gasteiger partial charge < -0.3 is 5.11 Å². The van der Waals surface area contributed by atoms with Gasteiger partial charge in [0, 0.05) is 6.42 Å². The van der Waals surface area contributed by atoms with Crippen molar-refractivity contribution in [1.82, 2.24) is 9.13 Å². The zero-order chi connectivity index (χ0) is 27.3. The second kappa shape index (κ2) is 11.6. The molecule has 0 atom stereocenters. The van der Waals surface area contributed by atoms with Gasteiger partial charge in [-0.25, -0.2) is 14.2 Å². The zero-order valence-electron chi connectivity index (χ0n) is 21.1. The van der Waals surface area contributed by atoms with Crippen molar-refractivity contribution in [3.05, 3.63) is 81.5 Å². The van der Waals surface area contributed by atoms with Crippen molar-refractivity contribution in [2.24, 2.45) is 5.92 Å². The van der Waals surface area contributed by atoms with E-state index in [4.69, 9.17) is 0 Å². The number of carboxylic acids is 1. The lowest BCUT2D eigenvalue weighted by Crippen LogP contribution is -2.32. The summed E-state index contributed by atoms with van der Waals surface area (Å²) >= 11 is 0. The van der Waals surface area contributed by atoms with Crippen molar-refractivity contribution in [2.45, 2.75) is 65.6 Å². The SMILES string of the molecule is CCCCC(=O)n1c(C(F)(F)F)c(CCC(C)C)n(Cc2ccc(-c3ccccc3C(=O)O)cc2)c1=O. The van der Waals surface area contributed by atoms with Crippen LogP contribution in [0.15, 0.2) is 53.3 Å². The van der Waals surface area contributed by atoms with Gasteiger partial charge in [-0.1, -0.05) is 69.7 Å². The summed E-state index contributed by atoms with van der Waals surface area (Å²) < 4.78 is 44.0. The molecule has 0 aliphatic carbocycles. The van der Waals surface area contributed by atoms with Crippen molar-refractivity contribution in [1.29, 1.82) is 0 Å². The van der Waals surface area contributed by atoms with E-state index in [1.54, 1.807) is 42.5 Å². The van der Waals surface area contributed by atoms with Crippen molar-refractivity contribution >= 4 is 11.9 Å². The van der Waals surface area contributed by atoms with Gasteiger partial charge in [0.1, 0.15) is 0 Å². The summed E-state index contributed by atoms with van der Waals surface area (Å²) in [5.41, 5.74) is -0.577. The van der Waals surface area contributed by atoms with Crippen molar-refractivity contribution in [3.8, 4) is 11.1 Å². The van der Waals surface area contributed by atoms with Gasteiger partial charge in [0.2, 0.25) is 5.91 Å². The fourth-order valence-electron chi connectivity index (χ4n) is 4.29. The maximum atomic E-state index is 14.2. The Morgan fingerprint density at radius 1 is 1.03 bits per heavy atom. The molecule has 1 aromatic heterocycles. The Balaban J connectivity index is 2.08. The lowest BCUT2D eigenvalue weighted by molar-refractivity contribution is -0.143. The van der Waals surface area contributed by atoms with Crippen LogP contribution in [0.1, 0.15) is 78.6 Å². The highest BCUT2D eigenvalue weighted by molar-refractivity contribution is 5.96. The average Bonchev–Trinajstić information content (AvgIpc) is 3.13. The Kier molecular flexibility index (Phi) is 8.78. The monoisotopic (exact) mass is 516 g/mol. The van der Waals surface area contributed by atoms with Crippen LogP contribution in [-0.2, 0) is 19.1 Å². The highest BCUT2D eigenvalue weighted by atomic mass is 19.4. The van der Waals surface area contributed by atoms with E-state index < -0.39 is 29.4 Å². The van der Waals surface area contributed by atoms with Crippen LogP contribution in [0.5, 0.6) is 0 Å². The number of nitrogens with zero attached hydrogens (tertiary/aromatic N) is 2. The number of halogens is 3. The topological polar surface area (TPSA) is 81.3 Å². The zero-order valence-corrected chi connectivity index (χ0v) is 21.1. The first-order valence-corrected chi connectivity index (χ1v) is 12.3. The molecule has 9 heteroatoms. The molecule has 198 valence electrons. The summed E-state index contributed by atoms with van der Waals surface area (Å²) in [5, 5.41) is 9.46. The van der Waals surface area contributed by atoms with Crippen LogP contribution in [0.2, 0.25) is 0 Å². The molecule has 2 aromatic carbocycles. The van der Waals surface area contributed by atoms with E-state index in [0.29, 0.717) is 40.5 Å². The molecular formula is C28H31F3N2O4. The third-order valence-electron chi connectivity index (χ3n) is 6.23. The molecule has 0 saturated heterocycles. The van der Waals surface area contributed by atoms with Crippen molar-refractivity contribution in [3.63, 3.8) is 0 Å². The minimum Gasteiger partial charge on any atom is -0.478 e. The van der Waals surface area contributed by atoms with E-state index in [1.807, 2.05) is 20.8 Å². The number of hydrogen-bond acceptors (Lipinski definition) is 3. The van der Waals surface area contributed by atoms with Gasteiger partial charge in [-0.3, -0.25) is 9.36 Å². The normalized spacial score (nSPS) is 11.8. The first-order chi connectivity index (χ1) is 17.5. The standard InChI is InChI=1S/C28H31F3N2O4/c1-4-5-10-24(34)33-25(28(29,30)31)23(16-11-18(2)3)32(27(33)37)17-19-12-14-20(15-13-19)21-8-6-7-9-22(21)26(35)36/h6-9,12-15,18H,4-5,10-11,16-17H2,1-3H3,(H,35,36). The molecule has 0 aliphatic rings. The van der Waals surface area contributed by atoms with Crippen LogP contribution in [-0.4, -0.2) is 26.1 Å². The second-order valence-corrected chi connectivity index (χ2v) is 9.47. The minimum atomic E-state index is -4.87. The third-order valence-corrected chi connectivity index (χ3v) is 6.23. The second-order valence-electron chi connectivity index (χ2n) is 9.47. The maximum absolute atomic E-state index is 14.2. The van der Waals surface area contributed by atoms with E-state index in [1.165, 1.54) is 6.07 Å². The Morgan fingerprint density at radius 3 is 2.24 bits per heavy atom. The van der Waals surface area contributed by atoms with E-state index >= 15 is 0 Å². The van der Waals surface area contributed by atoms with Gasteiger partial charge in [0.15, 0.2) is 5.69 Å². The summed E-state index contributed by atoms with van der Waals surface area (Å²) in [6.45, 7) is 5.43. The number of aromatic nitrogens is 2. The van der Waals surface area contributed by atoms with Crippen LogP contribution in [0.4, 0.5) is 13.2 Å². The van der Waals surface area contributed by atoms with E-state index in [0.717, 1.165) is 4.57 Å². The quantitative estimate of drug-likeness (QED) is 0.334. The Labute approximate surface area is 213 Å². The molecule has 1 N–H and O–H groups in total. The number of carboxylic acid groups (broad SMARTS) is 1. The lowest BCUT2D eigenvalue weighted by Gasteiger charge is -2.14. The predicted octanol–water partition coefficient (Wildman–Crippen LogP) is 6.50. The molecule has 0 aliphatic heterocycles. The van der Waals surface area contributed by atoms with Crippen LogP contribution in [0, 0.1) is 5.92 Å². The number of carbonyl (C=O) groups is 2. The van der Waals surface area contributed by atoms with Crippen molar-refractivity contribution < 1.29 is 27.9 Å². The van der Waals surface area contributed by atoms with Crippen LogP contribution >= 0.6 is 0 Å². The first-order valence-electron chi connectivity index (χ1n) is 12.3. The molecule has 0 amide bonds. The van der Waals surface area contributed by atoms with E-state index in [9.17, 15) is 32.7 Å². The summed E-state index contributed by atoms with van der Waals surface area (Å²) in [4.78, 5) is 37.6. The number of imidazole rings is 1. The van der Waals surface area contributed by atoms with Crippen LogP contribution in [0.25, 0.3) is 11.1 Å². The molecule has 6 nitrogen and oxygen atoms in total. The molecule has 3 rings (SSSR count). The van der Waals surface area contributed by atoms with Gasteiger partial charge >= 0.3 is 17.8 Å². The van der Waals surface area contributed by atoms with Gasteiger partial charge in [-0.2, -0.15) is 13.2 Å². The first kappa shape index (κ1) is 28.0. The lowest BCUT2D eigenvalue weighted by atomic mass is 9.98.